The zero-order valence-electron chi connectivity index (χ0n) is 20.9. The Labute approximate surface area is 212 Å². The van der Waals surface area contributed by atoms with E-state index in [0.29, 0.717) is 24.0 Å². The fourth-order valence-electron chi connectivity index (χ4n) is 3.94. The first-order chi connectivity index (χ1) is 17.0. The number of nitrogens with one attached hydrogen (secondary N) is 1. The highest BCUT2D eigenvalue weighted by atomic mass is 32.2. The second-order valence-corrected chi connectivity index (χ2v) is 10.2. The van der Waals surface area contributed by atoms with Crippen LogP contribution in [-0.4, -0.2) is 53.5 Å². The normalized spacial score (nSPS) is 14.5. The summed E-state index contributed by atoms with van der Waals surface area (Å²) in [5, 5.41) is 3.63. The van der Waals surface area contributed by atoms with Crippen LogP contribution in [-0.2, 0) is 18.7 Å². The number of thioether (sulfide) groups is 1. The fraction of sp³-hybridized carbons (Fsp3) is 0.444. The van der Waals surface area contributed by atoms with E-state index in [4.69, 9.17) is 14.4 Å². The SMILES string of the molecule is CCc1cc(N2CCN(Cc3ccccc3)CC2)nc(SCc2ccc(C(=O)NCC(C)C)o2)n1. The Morgan fingerprint density at radius 3 is 2.57 bits per heavy atom. The molecule has 1 N–H and O–H groups in total. The number of furan rings is 1. The lowest BCUT2D eigenvalue weighted by molar-refractivity contribution is 0.0920. The van der Waals surface area contributed by atoms with Gasteiger partial charge >= 0.3 is 0 Å². The van der Waals surface area contributed by atoms with Gasteiger partial charge in [-0.05, 0) is 30.0 Å². The summed E-state index contributed by atoms with van der Waals surface area (Å²) < 4.78 is 5.76. The summed E-state index contributed by atoms with van der Waals surface area (Å²) in [6.45, 7) is 11.8. The smallest absolute Gasteiger partial charge is 0.287 e. The molecule has 0 unspecified atom stereocenters. The van der Waals surface area contributed by atoms with E-state index in [-0.39, 0.29) is 5.91 Å². The van der Waals surface area contributed by atoms with Gasteiger partial charge in [-0.3, -0.25) is 9.69 Å². The van der Waals surface area contributed by atoms with Crippen LogP contribution < -0.4 is 10.2 Å². The maximum Gasteiger partial charge on any atom is 0.287 e. The average Bonchev–Trinajstić information content (AvgIpc) is 3.36. The van der Waals surface area contributed by atoms with Crippen LogP contribution in [0.5, 0.6) is 0 Å². The highest BCUT2D eigenvalue weighted by Crippen LogP contribution is 2.25. The molecule has 0 atom stereocenters. The third kappa shape index (κ3) is 7.32. The molecule has 1 saturated heterocycles. The zero-order valence-corrected chi connectivity index (χ0v) is 21.7. The van der Waals surface area contributed by atoms with Crippen LogP contribution in [0, 0.1) is 5.92 Å². The Balaban J connectivity index is 1.34. The largest absolute Gasteiger partial charge is 0.455 e. The number of rotatable bonds is 10. The summed E-state index contributed by atoms with van der Waals surface area (Å²) in [6, 6.07) is 16.3. The molecule has 1 amide bonds. The van der Waals surface area contributed by atoms with Crippen molar-refractivity contribution < 1.29 is 9.21 Å². The van der Waals surface area contributed by atoms with Gasteiger partial charge in [0.05, 0.1) is 5.75 Å². The first-order valence-corrected chi connectivity index (χ1v) is 13.4. The molecule has 4 rings (SSSR count). The van der Waals surface area contributed by atoms with E-state index < -0.39 is 0 Å². The van der Waals surface area contributed by atoms with E-state index in [1.54, 1.807) is 17.8 Å². The summed E-state index contributed by atoms with van der Waals surface area (Å²) in [7, 11) is 0. The molecule has 1 aromatic carbocycles. The summed E-state index contributed by atoms with van der Waals surface area (Å²) in [5.41, 5.74) is 2.39. The molecule has 0 radical (unpaired) electrons. The maximum atomic E-state index is 12.2. The number of anilines is 1. The number of benzene rings is 1. The van der Waals surface area contributed by atoms with Gasteiger partial charge in [0.2, 0.25) is 0 Å². The molecule has 2 aromatic heterocycles. The van der Waals surface area contributed by atoms with Crippen molar-refractivity contribution in [1.82, 2.24) is 20.2 Å². The molecule has 3 heterocycles. The topological polar surface area (TPSA) is 74.5 Å². The van der Waals surface area contributed by atoms with Crippen molar-refractivity contribution in [1.29, 1.82) is 0 Å². The minimum Gasteiger partial charge on any atom is -0.455 e. The quantitative estimate of drug-likeness (QED) is 0.326. The van der Waals surface area contributed by atoms with Gasteiger partial charge in [-0.2, -0.15) is 0 Å². The maximum absolute atomic E-state index is 12.2. The van der Waals surface area contributed by atoms with Gasteiger partial charge < -0.3 is 14.6 Å². The standard InChI is InChI=1S/C27H35N5O2S/c1-4-22-16-25(32-14-12-31(13-15-32)18-21-8-6-5-7-9-21)30-27(29-22)35-19-23-10-11-24(34-23)26(33)28-17-20(2)3/h5-11,16,20H,4,12-15,17-19H2,1-3H3,(H,28,33). The molecule has 1 aliphatic rings. The highest BCUT2D eigenvalue weighted by Gasteiger charge is 2.20. The van der Waals surface area contributed by atoms with Crippen LogP contribution in [0.4, 0.5) is 5.82 Å². The van der Waals surface area contributed by atoms with Gasteiger partial charge in [-0.1, -0.05) is 62.9 Å². The molecule has 1 aliphatic heterocycles. The number of carbonyl (C=O) groups is 1. The summed E-state index contributed by atoms with van der Waals surface area (Å²) >= 11 is 1.54. The Morgan fingerprint density at radius 2 is 1.86 bits per heavy atom. The number of amides is 1. The monoisotopic (exact) mass is 493 g/mol. The Bertz CT molecular complexity index is 1090. The molecule has 35 heavy (non-hydrogen) atoms. The van der Waals surface area contributed by atoms with Crippen molar-refractivity contribution in [2.45, 2.75) is 44.6 Å². The van der Waals surface area contributed by atoms with Crippen LogP contribution in [0.15, 0.2) is 58.1 Å². The number of aryl methyl sites for hydroxylation is 1. The average molecular weight is 494 g/mol. The van der Waals surface area contributed by atoms with E-state index in [9.17, 15) is 4.79 Å². The molecular formula is C27H35N5O2S. The molecular weight excluding hydrogens is 458 g/mol. The van der Waals surface area contributed by atoms with E-state index in [1.807, 2.05) is 6.07 Å². The molecule has 3 aromatic rings. The molecule has 0 aliphatic carbocycles. The lowest BCUT2D eigenvalue weighted by Crippen LogP contribution is -2.46. The number of nitrogens with zero attached hydrogens (tertiary/aromatic N) is 4. The summed E-state index contributed by atoms with van der Waals surface area (Å²) in [6.07, 6.45) is 0.859. The minimum atomic E-state index is -0.173. The fourth-order valence-corrected chi connectivity index (χ4v) is 4.71. The Hall–Kier alpha value is -2.84. The van der Waals surface area contributed by atoms with Crippen LogP contribution in [0.1, 0.15) is 48.3 Å². The van der Waals surface area contributed by atoms with Crippen LogP contribution in [0.25, 0.3) is 0 Å². The van der Waals surface area contributed by atoms with Crippen molar-refractivity contribution in [2.75, 3.05) is 37.6 Å². The van der Waals surface area contributed by atoms with E-state index in [1.165, 1.54) is 5.56 Å². The first kappa shape index (κ1) is 25.3. The second-order valence-electron chi connectivity index (χ2n) is 9.26. The van der Waals surface area contributed by atoms with E-state index in [2.05, 4.69) is 72.3 Å². The van der Waals surface area contributed by atoms with E-state index in [0.717, 1.165) is 61.6 Å². The van der Waals surface area contributed by atoms with Crippen molar-refractivity contribution in [2.24, 2.45) is 5.92 Å². The molecule has 186 valence electrons. The third-order valence-corrected chi connectivity index (χ3v) is 6.82. The van der Waals surface area contributed by atoms with Gasteiger partial charge in [-0.15, -0.1) is 0 Å². The second kappa shape index (κ2) is 12.2. The van der Waals surface area contributed by atoms with Crippen molar-refractivity contribution in [3.05, 3.63) is 71.3 Å². The number of hydrogen-bond acceptors (Lipinski definition) is 7. The van der Waals surface area contributed by atoms with Crippen LogP contribution in [0.3, 0.4) is 0 Å². The molecule has 1 fully saturated rings. The Kier molecular flexibility index (Phi) is 8.82. The van der Waals surface area contributed by atoms with Gasteiger partial charge in [-0.25, -0.2) is 9.97 Å². The van der Waals surface area contributed by atoms with Crippen molar-refractivity contribution >= 4 is 23.5 Å². The van der Waals surface area contributed by atoms with Crippen molar-refractivity contribution in [3.63, 3.8) is 0 Å². The summed E-state index contributed by atoms with van der Waals surface area (Å²) in [4.78, 5) is 26.6. The van der Waals surface area contributed by atoms with Gasteiger partial charge in [0.1, 0.15) is 11.6 Å². The van der Waals surface area contributed by atoms with E-state index >= 15 is 0 Å². The third-order valence-electron chi connectivity index (χ3n) is 5.95. The molecule has 0 spiro atoms. The Morgan fingerprint density at radius 1 is 1.09 bits per heavy atom. The first-order valence-electron chi connectivity index (χ1n) is 12.4. The number of piperazine rings is 1. The predicted octanol–water partition coefficient (Wildman–Crippen LogP) is 4.63. The van der Waals surface area contributed by atoms with Crippen molar-refractivity contribution in [3.8, 4) is 0 Å². The highest BCUT2D eigenvalue weighted by molar-refractivity contribution is 7.98. The molecule has 7 nitrogen and oxygen atoms in total. The van der Waals surface area contributed by atoms with Crippen LogP contribution >= 0.6 is 11.8 Å². The predicted molar refractivity (Wildman–Crippen MR) is 141 cm³/mol. The van der Waals surface area contributed by atoms with Gasteiger partial charge in [0.15, 0.2) is 10.9 Å². The number of hydrogen-bond donors (Lipinski definition) is 1. The molecule has 0 bridgehead atoms. The number of carbonyl (C=O) groups excluding carboxylic acids is 1. The van der Waals surface area contributed by atoms with Gasteiger partial charge in [0, 0.05) is 51.0 Å². The number of aromatic nitrogens is 2. The molecule has 8 heteroatoms. The van der Waals surface area contributed by atoms with Crippen LogP contribution in [0.2, 0.25) is 0 Å². The summed E-state index contributed by atoms with van der Waals surface area (Å²) in [5.74, 6) is 2.88. The lowest BCUT2D eigenvalue weighted by atomic mass is 10.2. The lowest BCUT2D eigenvalue weighted by Gasteiger charge is -2.35. The zero-order chi connectivity index (χ0) is 24.6. The van der Waals surface area contributed by atoms with Gasteiger partial charge in [0.25, 0.3) is 5.91 Å². The minimum absolute atomic E-state index is 0.173. The molecule has 0 saturated carbocycles.